The van der Waals surface area contributed by atoms with Crippen LogP contribution in [0.15, 0.2) is 24.3 Å². The Morgan fingerprint density at radius 2 is 2.06 bits per heavy atom. The van der Waals surface area contributed by atoms with Gasteiger partial charge in [0.15, 0.2) is 0 Å². The van der Waals surface area contributed by atoms with Crippen molar-refractivity contribution >= 4 is 5.69 Å². The molecule has 2 nitrogen and oxygen atoms in total. The zero-order valence-corrected chi connectivity index (χ0v) is 10.2. The van der Waals surface area contributed by atoms with Crippen molar-refractivity contribution in [2.45, 2.75) is 26.2 Å². The lowest BCUT2D eigenvalue weighted by Crippen LogP contribution is -2.13. The van der Waals surface area contributed by atoms with Gasteiger partial charge in [-0.25, -0.2) is 0 Å². The molecular formula is C14H21NO. The highest BCUT2D eigenvalue weighted by atomic mass is 16.5. The zero-order valence-electron chi connectivity index (χ0n) is 10.2. The molecule has 1 aromatic carbocycles. The minimum Gasteiger partial charge on any atom is -0.385 e. The Bertz CT molecular complexity index is 312. The topological polar surface area (TPSA) is 21.3 Å². The average Bonchev–Trinajstić information content (AvgIpc) is 2.80. The van der Waals surface area contributed by atoms with Crippen molar-refractivity contribution in [3.63, 3.8) is 0 Å². The van der Waals surface area contributed by atoms with Crippen molar-refractivity contribution in [3.05, 3.63) is 29.8 Å². The van der Waals surface area contributed by atoms with Gasteiger partial charge in [-0.15, -0.1) is 0 Å². The lowest BCUT2D eigenvalue weighted by molar-refractivity contribution is 0.187. The number of ether oxygens (including phenoxy) is 1. The summed E-state index contributed by atoms with van der Waals surface area (Å²) in [5, 5.41) is 3.47. The van der Waals surface area contributed by atoms with Crippen molar-refractivity contribution in [3.8, 4) is 0 Å². The Morgan fingerprint density at radius 1 is 1.31 bits per heavy atom. The second-order valence-corrected chi connectivity index (χ2v) is 4.89. The SMILES string of the molecule is CC(C)c1ccc(NCC2CCOC2)cc1. The molecule has 1 N–H and O–H groups in total. The largest absolute Gasteiger partial charge is 0.385 e. The highest BCUT2D eigenvalue weighted by molar-refractivity contribution is 5.45. The Hall–Kier alpha value is -1.02. The summed E-state index contributed by atoms with van der Waals surface area (Å²) >= 11 is 0. The van der Waals surface area contributed by atoms with Crippen molar-refractivity contribution in [2.75, 3.05) is 25.1 Å². The average molecular weight is 219 g/mol. The zero-order chi connectivity index (χ0) is 11.4. The molecule has 1 saturated heterocycles. The van der Waals surface area contributed by atoms with Crippen molar-refractivity contribution in [1.82, 2.24) is 0 Å². The molecule has 1 atom stereocenters. The van der Waals surface area contributed by atoms with E-state index in [4.69, 9.17) is 4.74 Å². The maximum atomic E-state index is 5.36. The Morgan fingerprint density at radius 3 is 2.62 bits per heavy atom. The first-order valence-corrected chi connectivity index (χ1v) is 6.17. The summed E-state index contributed by atoms with van der Waals surface area (Å²) in [4.78, 5) is 0. The number of hydrogen-bond acceptors (Lipinski definition) is 2. The number of benzene rings is 1. The Kier molecular flexibility index (Phi) is 3.83. The molecule has 0 aliphatic carbocycles. The van der Waals surface area contributed by atoms with Crippen LogP contribution in [0.5, 0.6) is 0 Å². The van der Waals surface area contributed by atoms with Crippen LogP contribution in [-0.4, -0.2) is 19.8 Å². The van der Waals surface area contributed by atoms with Gasteiger partial charge in [0.25, 0.3) is 0 Å². The molecule has 0 radical (unpaired) electrons. The van der Waals surface area contributed by atoms with Crippen LogP contribution < -0.4 is 5.32 Å². The molecule has 0 amide bonds. The fraction of sp³-hybridized carbons (Fsp3) is 0.571. The molecule has 2 heteroatoms. The van der Waals surface area contributed by atoms with Gasteiger partial charge in [0, 0.05) is 24.8 Å². The van der Waals surface area contributed by atoms with Crippen LogP contribution in [0, 0.1) is 5.92 Å². The molecule has 0 spiro atoms. The third kappa shape index (κ3) is 2.99. The minimum absolute atomic E-state index is 0.609. The standard InChI is InChI=1S/C14H21NO/c1-11(2)13-3-5-14(6-4-13)15-9-12-7-8-16-10-12/h3-6,11-12,15H,7-10H2,1-2H3. The summed E-state index contributed by atoms with van der Waals surface area (Å²) in [5.74, 6) is 1.29. The molecule has 0 aromatic heterocycles. The van der Waals surface area contributed by atoms with Crippen LogP contribution >= 0.6 is 0 Å². The molecule has 1 fully saturated rings. The quantitative estimate of drug-likeness (QED) is 0.839. The minimum atomic E-state index is 0.609. The molecule has 16 heavy (non-hydrogen) atoms. The smallest absolute Gasteiger partial charge is 0.0511 e. The molecule has 0 bridgehead atoms. The molecule has 1 unspecified atom stereocenters. The predicted molar refractivity (Wildman–Crippen MR) is 67.9 cm³/mol. The van der Waals surface area contributed by atoms with Crippen LogP contribution in [0.3, 0.4) is 0 Å². The summed E-state index contributed by atoms with van der Waals surface area (Å²) in [7, 11) is 0. The van der Waals surface area contributed by atoms with E-state index < -0.39 is 0 Å². The molecule has 1 aliphatic heterocycles. The van der Waals surface area contributed by atoms with Crippen LogP contribution in [0.25, 0.3) is 0 Å². The van der Waals surface area contributed by atoms with E-state index in [2.05, 4.69) is 43.4 Å². The van der Waals surface area contributed by atoms with Crippen LogP contribution in [0.1, 0.15) is 31.7 Å². The first kappa shape index (κ1) is 11.5. The fourth-order valence-corrected chi connectivity index (χ4v) is 1.99. The number of anilines is 1. The summed E-state index contributed by atoms with van der Waals surface area (Å²) in [6.07, 6.45) is 1.19. The van der Waals surface area contributed by atoms with Gasteiger partial charge in [-0.3, -0.25) is 0 Å². The summed E-state index contributed by atoms with van der Waals surface area (Å²) in [5.41, 5.74) is 2.62. The second-order valence-electron chi connectivity index (χ2n) is 4.89. The van der Waals surface area contributed by atoms with Crippen molar-refractivity contribution in [1.29, 1.82) is 0 Å². The van der Waals surface area contributed by atoms with Gasteiger partial charge in [0.2, 0.25) is 0 Å². The Labute approximate surface area is 98.0 Å². The van der Waals surface area contributed by atoms with E-state index in [1.54, 1.807) is 0 Å². The number of hydrogen-bond donors (Lipinski definition) is 1. The van der Waals surface area contributed by atoms with Gasteiger partial charge in [-0.2, -0.15) is 0 Å². The molecule has 1 heterocycles. The van der Waals surface area contributed by atoms with Crippen LogP contribution in [0.2, 0.25) is 0 Å². The van der Waals surface area contributed by atoms with Crippen molar-refractivity contribution in [2.24, 2.45) is 5.92 Å². The Balaban J connectivity index is 1.84. The van der Waals surface area contributed by atoms with E-state index in [1.807, 2.05) is 0 Å². The predicted octanol–water partition coefficient (Wildman–Crippen LogP) is 3.26. The normalized spacial score (nSPS) is 20.3. The molecular weight excluding hydrogens is 198 g/mol. The van der Waals surface area contributed by atoms with E-state index >= 15 is 0 Å². The van der Waals surface area contributed by atoms with Gasteiger partial charge in [0.05, 0.1) is 6.61 Å². The molecule has 88 valence electrons. The summed E-state index contributed by atoms with van der Waals surface area (Å²) < 4.78 is 5.36. The maximum absolute atomic E-state index is 5.36. The van der Waals surface area contributed by atoms with Gasteiger partial charge >= 0.3 is 0 Å². The first-order chi connectivity index (χ1) is 7.75. The number of nitrogens with one attached hydrogen (secondary N) is 1. The van der Waals surface area contributed by atoms with Crippen LogP contribution in [0.4, 0.5) is 5.69 Å². The van der Waals surface area contributed by atoms with Crippen LogP contribution in [-0.2, 0) is 4.74 Å². The highest BCUT2D eigenvalue weighted by Gasteiger charge is 2.14. The first-order valence-electron chi connectivity index (χ1n) is 6.17. The third-order valence-electron chi connectivity index (χ3n) is 3.20. The molecule has 1 aliphatic rings. The van der Waals surface area contributed by atoms with E-state index in [1.165, 1.54) is 17.7 Å². The summed E-state index contributed by atoms with van der Waals surface area (Å²) in [6, 6.07) is 8.76. The van der Waals surface area contributed by atoms with Gasteiger partial charge in [-0.1, -0.05) is 26.0 Å². The van der Waals surface area contributed by atoms with Gasteiger partial charge in [0.1, 0.15) is 0 Å². The molecule has 1 aromatic rings. The monoisotopic (exact) mass is 219 g/mol. The number of rotatable bonds is 4. The third-order valence-corrected chi connectivity index (χ3v) is 3.20. The van der Waals surface area contributed by atoms with Gasteiger partial charge < -0.3 is 10.1 Å². The lowest BCUT2D eigenvalue weighted by atomic mass is 10.0. The van der Waals surface area contributed by atoms with E-state index in [9.17, 15) is 0 Å². The van der Waals surface area contributed by atoms with Crippen molar-refractivity contribution < 1.29 is 4.74 Å². The van der Waals surface area contributed by atoms with E-state index in [0.29, 0.717) is 11.8 Å². The highest BCUT2D eigenvalue weighted by Crippen LogP contribution is 2.18. The van der Waals surface area contributed by atoms with E-state index in [-0.39, 0.29) is 0 Å². The maximum Gasteiger partial charge on any atom is 0.0511 e. The molecule has 2 rings (SSSR count). The van der Waals surface area contributed by atoms with E-state index in [0.717, 1.165) is 19.8 Å². The second kappa shape index (κ2) is 5.35. The van der Waals surface area contributed by atoms with Gasteiger partial charge in [-0.05, 0) is 30.0 Å². The molecule has 0 saturated carbocycles. The lowest BCUT2D eigenvalue weighted by Gasteiger charge is -2.12. The summed E-state index contributed by atoms with van der Waals surface area (Å²) in [6.45, 7) is 7.31. The fourth-order valence-electron chi connectivity index (χ4n) is 1.99.